The van der Waals surface area contributed by atoms with Gasteiger partial charge in [0.1, 0.15) is 0 Å². The van der Waals surface area contributed by atoms with Crippen molar-refractivity contribution in [1.82, 2.24) is 4.72 Å². The number of halogens is 1. The van der Waals surface area contributed by atoms with Crippen LogP contribution >= 0.6 is 11.6 Å². The summed E-state index contributed by atoms with van der Waals surface area (Å²) in [7, 11) is -0.447. The Kier molecular flexibility index (Phi) is 5.87. The smallest absolute Gasteiger partial charge is 0.240 e. The van der Waals surface area contributed by atoms with Crippen molar-refractivity contribution < 1.29 is 17.9 Å². The van der Waals surface area contributed by atoms with Crippen LogP contribution in [0.3, 0.4) is 0 Å². The normalized spacial score (nSPS) is 11.3. The molecule has 0 unspecified atom stereocenters. The summed E-state index contributed by atoms with van der Waals surface area (Å²) in [5, 5.41) is 0.382. The van der Waals surface area contributed by atoms with Crippen LogP contribution in [0.25, 0.3) is 0 Å². The number of hydrogen-bond acceptors (Lipinski definition) is 4. The highest BCUT2D eigenvalue weighted by atomic mass is 35.5. The second-order valence-electron chi connectivity index (χ2n) is 4.79. The third-order valence-corrected chi connectivity index (χ3v) is 4.95. The van der Waals surface area contributed by atoms with E-state index in [0.717, 1.165) is 5.56 Å². The lowest BCUT2D eigenvalue weighted by atomic mass is 10.1. The molecule has 0 aliphatic heterocycles. The Hall–Kier alpha value is -1.76. The Morgan fingerprint density at radius 2 is 1.78 bits per heavy atom. The van der Waals surface area contributed by atoms with E-state index in [4.69, 9.17) is 21.1 Å². The zero-order valence-corrected chi connectivity index (χ0v) is 14.4. The van der Waals surface area contributed by atoms with Gasteiger partial charge in [-0.05, 0) is 42.3 Å². The standard InChI is InChI=1S/C16H18ClNO4S/c1-21-15-7-6-12(10-16(15)22-2)8-9-18-23(19,20)14-5-3-4-13(17)11-14/h3-7,10-11,18H,8-9H2,1-2H3. The summed E-state index contributed by atoms with van der Waals surface area (Å²) in [6.07, 6.45) is 0.528. The Balaban J connectivity index is 2.02. The van der Waals surface area contributed by atoms with Crippen LogP contribution in [0.1, 0.15) is 5.56 Å². The molecule has 124 valence electrons. The lowest BCUT2D eigenvalue weighted by Gasteiger charge is -2.10. The van der Waals surface area contributed by atoms with Crippen molar-refractivity contribution in [2.75, 3.05) is 20.8 Å². The molecule has 0 heterocycles. The second kappa shape index (κ2) is 7.68. The molecule has 0 amide bonds. The number of methoxy groups -OCH3 is 2. The van der Waals surface area contributed by atoms with E-state index in [1.807, 2.05) is 12.1 Å². The first-order valence-electron chi connectivity index (χ1n) is 6.92. The summed E-state index contributed by atoms with van der Waals surface area (Å²) < 4.78 is 37.3. The van der Waals surface area contributed by atoms with Gasteiger partial charge in [-0.15, -0.1) is 0 Å². The fourth-order valence-corrected chi connectivity index (χ4v) is 3.42. The molecule has 0 fully saturated rings. The van der Waals surface area contributed by atoms with Crippen molar-refractivity contribution in [3.05, 3.63) is 53.1 Å². The number of ether oxygens (including phenoxy) is 2. The Morgan fingerprint density at radius 1 is 1.04 bits per heavy atom. The van der Waals surface area contributed by atoms with Crippen molar-refractivity contribution in [2.24, 2.45) is 0 Å². The van der Waals surface area contributed by atoms with E-state index >= 15 is 0 Å². The molecule has 2 aromatic rings. The minimum Gasteiger partial charge on any atom is -0.493 e. The van der Waals surface area contributed by atoms with Gasteiger partial charge in [0.25, 0.3) is 0 Å². The van der Waals surface area contributed by atoms with Crippen LogP contribution < -0.4 is 14.2 Å². The van der Waals surface area contributed by atoms with E-state index in [1.54, 1.807) is 32.4 Å². The van der Waals surface area contributed by atoms with Crippen molar-refractivity contribution in [2.45, 2.75) is 11.3 Å². The maximum Gasteiger partial charge on any atom is 0.240 e. The molecule has 0 aromatic heterocycles. The van der Waals surface area contributed by atoms with Gasteiger partial charge in [0.15, 0.2) is 11.5 Å². The molecule has 0 spiro atoms. The monoisotopic (exact) mass is 355 g/mol. The van der Waals surface area contributed by atoms with Crippen LogP contribution in [-0.2, 0) is 16.4 Å². The van der Waals surface area contributed by atoms with Crippen molar-refractivity contribution >= 4 is 21.6 Å². The van der Waals surface area contributed by atoms with Gasteiger partial charge in [-0.2, -0.15) is 0 Å². The van der Waals surface area contributed by atoms with Gasteiger partial charge in [0.2, 0.25) is 10.0 Å². The molecular weight excluding hydrogens is 338 g/mol. The molecular formula is C16H18ClNO4S. The minimum absolute atomic E-state index is 0.150. The molecule has 5 nitrogen and oxygen atoms in total. The van der Waals surface area contributed by atoms with Crippen LogP contribution in [0.4, 0.5) is 0 Å². The highest BCUT2D eigenvalue weighted by Gasteiger charge is 2.13. The first-order valence-corrected chi connectivity index (χ1v) is 8.78. The summed E-state index contributed by atoms with van der Waals surface area (Å²) in [6.45, 7) is 0.268. The predicted molar refractivity (Wildman–Crippen MR) is 89.9 cm³/mol. The van der Waals surface area contributed by atoms with Gasteiger partial charge < -0.3 is 9.47 Å². The molecule has 0 bridgehead atoms. The molecule has 0 aliphatic carbocycles. The molecule has 0 saturated carbocycles. The predicted octanol–water partition coefficient (Wildman–Crippen LogP) is 2.88. The zero-order chi connectivity index (χ0) is 16.9. The summed E-state index contributed by atoms with van der Waals surface area (Å²) in [5.74, 6) is 1.25. The summed E-state index contributed by atoms with van der Waals surface area (Å²) in [4.78, 5) is 0.150. The molecule has 0 radical (unpaired) electrons. The Morgan fingerprint density at radius 3 is 2.43 bits per heavy atom. The van der Waals surface area contributed by atoms with Gasteiger partial charge in [-0.25, -0.2) is 13.1 Å². The quantitative estimate of drug-likeness (QED) is 0.829. The average molecular weight is 356 g/mol. The number of benzene rings is 2. The second-order valence-corrected chi connectivity index (χ2v) is 7.00. The van der Waals surface area contributed by atoms with Crippen molar-refractivity contribution in [3.63, 3.8) is 0 Å². The lowest BCUT2D eigenvalue weighted by Crippen LogP contribution is -2.26. The van der Waals surface area contributed by atoms with E-state index in [1.165, 1.54) is 12.1 Å². The zero-order valence-electron chi connectivity index (χ0n) is 12.9. The lowest BCUT2D eigenvalue weighted by molar-refractivity contribution is 0.354. The van der Waals surface area contributed by atoms with Gasteiger partial charge in [-0.3, -0.25) is 0 Å². The van der Waals surface area contributed by atoms with Crippen LogP contribution in [0.15, 0.2) is 47.4 Å². The van der Waals surface area contributed by atoms with E-state index < -0.39 is 10.0 Å². The fraction of sp³-hybridized carbons (Fsp3) is 0.250. The number of sulfonamides is 1. The van der Waals surface area contributed by atoms with Gasteiger partial charge in [-0.1, -0.05) is 23.7 Å². The van der Waals surface area contributed by atoms with Crippen molar-refractivity contribution in [3.8, 4) is 11.5 Å². The number of rotatable bonds is 7. The van der Waals surface area contributed by atoms with Gasteiger partial charge in [0.05, 0.1) is 19.1 Å². The topological polar surface area (TPSA) is 64.6 Å². The third-order valence-electron chi connectivity index (χ3n) is 3.26. The maximum atomic E-state index is 12.2. The number of nitrogens with one attached hydrogen (secondary N) is 1. The van der Waals surface area contributed by atoms with E-state index in [9.17, 15) is 8.42 Å². The van der Waals surface area contributed by atoms with E-state index in [2.05, 4.69) is 4.72 Å². The fourth-order valence-electron chi connectivity index (χ4n) is 2.08. The molecule has 0 saturated heterocycles. The minimum atomic E-state index is -3.57. The first-order chi connectivity index (χ1) is 11.0. The summed E-state index contributed by atoms with van der Waals surface area (Å²) in [5.41, 5.74) is 0.941. The molecule has 7 heteroatoms. The van der Waals surface area contributed by atoms with Crippen LogP contribution in [0.5, 0.6) is 11.5 Å². The highest BCUT2D eigenvalue weighted by Crippen LogP contribution is 2.27. The summed E-state index contributed by atoms with van der Waals surface area (Å²) >= 11 is 5.82. The Bertz CT molecular complexity index is 777. The first kappa shape index (κ1) is 17.6. The van der Waals surface area contributed by atoms with E-state index in [0.29, 0.717) is 22.9 Å². The van der Waals surface area contributed by atoms with Crippen LogP contribution in [-0.4, -0.2) is 29.2 Å². The highest BCUT2D eigenvalue weighted by molar-refractivity contribution is 7.89. The molecule has 23 heavy (non-hydrogen) atoms. The molecule has 1 N–H and O–H groups in total. The molecule has 2 rings (SSSR count). The van der Waals surface area contributed by atoms with Crippen molar-refractivity contribution in [1.29, 1.82) is 0 Å². The van der Waals surface area contributed by atoms with Crippen LogP contribution in [0, 0.1) is 0 Å². The summed E-state index contributed by atoms with van der Waals surface area (Å²) in [6, 6.07) is 11.6. The molecule has 0 aliphatic rings. The number of hydrogen-bond donors (Lipinski definition) is 1. The Labute approximate surface area is 141 Å². The average Bonchev–Trinajstić information content (AvgIpc) is 2.54. The van der Waals surface area contributed by atoms with Crippen LogP contribution in [0.2, 0.25) is 5.02 Å². The van der Waals surface area contributed by atoms with Gasteiger partial charge >= 0.3 is 0 Å². The third kappa shape index (κ3) is 4.60. The SMILES string of the molecule is COc1ccc(CCNS(=O)(=O)c2cccc(Cl)c2)cc1OC. The van der Waals surface area contributed by atoms with E-state index in [-0.39, 0.29) is 11.4 Å². The largest absolute Gasteiger partial charge is 0.493 e. The maximum absolute atomic E-state index is 12.2. The molecule has 2 aromatic carbocycles. The molecule has 0 atom stereocenters. The van der Waals surface area contributed by atoms with Gasteiger partial charge in [0, 0.05) is 11.6 Å².